The van der Waals surface area contributed by atoms with E-state index in [4.69, 9.17) is 4.74 Å². The molecule has 0 fully saturated rings. The van der Waals surface area contributed by atoms with Gasteiger partial charge in [-0.25, -0.2) is 0 Å². The van der Waals surface area contributed by atoms with Gasteiger partial charge in [-0.3, -0.25) is 0 Å². The van der Waals surface area contributed by atoms with Crippen molar-refractivity contribution in [3.05, 3.63) is 48.5 Å². The number of anilines is 2. The van der Waals surface area contributed by atoms with Crippen molar-refractivity contribution in [3.63, 3.8) is 0 Å². The standard InChI is InChI=1S/C12H9NO.2C2H6/c1-3-7-11-9(5-1)13-10-6-2-4-8-12(10)14-11;2*1-2/h1-8,13H;2*1-2H3. The minimum Gasteiger partial charge on any atom is -0.453 e. The van der Waals surface area contributed by atoms with Crippen molar-refractivity contribution in [2.45, 2.75) is 27.7 Å². The summed E-state index contributed by atoms with van der Waals surface area (Å²) in [5.74, 6) is 1.76. The van der Waals surface area contributed by atoms with Crippen molar-refractivity contribution in [1.82, 2.24) is 0 Å². The number of nitrogens with one attached hydrogen (secondary N) is 1. The molecule has 0 radical (unpaired) electrons. The summed E-state index contributed by atoms with van der Waals surface area (Å²) in [5, 5.41) is 3.32. The number of benzene rings is 2. The number of hydrogen-bond acceptors (Lipinski definition) is 2. The van der Waals surface area contributed by atoms with Gasteiger partial charge in [-0.05, 0) is 24.3 Å². The average Bonchev–Trinajstić information content (AvgIpc) is 2.49. The quantitative estimate of drug-likeness (QED) is 0.556. The lowest BCUT2D eigenvalue weighted by molar-refractivity contribution is 0.481. The van der Waals surface area contributed by atoms with E-state index in [2.05, 4.69) is 5.32 Å². The van der Waals surface area contributed by atoms with Gasteiger partial charge in [-0.1, -0.05) is 52.0 Å². The molecule has 0 aliphatic carbocycles. The molecular formula is C16H21NO. The van der Waals surface area contributed by atoms with E-state index in [1.807, 2.05) is 76.2 Å². The first-order valence-corrected chi connectivity index (χ1v) is 6.56. The molecule has 0 unspecified atom stereocenters. The average molecular weight is 243 g/mol. The van der Waals surface area contributed by atoms with Gasteiger partial charge in [0.15, 0.2) is 11.5 Å². The summed E-state index contributed by atoms with van der Waals surface area (Å²) >= 11 is 0. The van der Waals surface area contributed by atoms with Crippen molar-refractivity contribution >= 4 is 11.4 Å². The SMILES string of the molecule is CC.CC.c1ccc2c(c1)Nc1ccccc1O2. The second-order valence-electron chi connectivity index (χ2n) is 3.22. The van der Waals surface area contributed by atoms with Crippen LogP contribution in [-0.4, -0.2) is 0 Å². The Morgan fingerprint density at radius 2 is 1.06 bits per heavy atom. The topological polar surface area (TPSA) is 21.3 Å². The molecule has 2 heteroatoms. The Bertz CT molecular complexity index is 393. The second-order valence-corrected chi connectivity index (χ2v) is 3.22. The highest BCUT2D eigenvalue weighted by atomic mass is 16.5. The molecule has 0 aromatic heterocycles. The van der Waals surface area contributed by atoms with Gasteiger partial charge in [0.05, 0.1) is 11.4 Å². The van der Waals surface area contributed by atoms with Crippen LogP contribution in [0, 0.1) is 0 Å². The zero-order valence-electron chi connectivity index (χ0n) is 11.5. The lowest BCUT2D eigenvalue weighted by atomic mass is 10.2. The van der Waals surface area contributed by atoms with Crippen LogP contribution in [0.2, 0.25) is 0 Å². The van der Waals surface area contributed by atoms with E-state index >= 15 is 0 Å². The molecule has 18 heavy (non-hydrogen) atoms. The van der Waals surface area contributed by atoms with Crippen LogP contribution in [0.5, 0.6) is 11.5 Å². The van der Waals surface area contributed by atoms with E-state index in [0.29, 0.717) is 0 Å². The van der Waals surface area contributed by atoms with Crippen LogP contribution in [0.4, 0.5) is 11.4 Å². The van der Waals surface area contributed by atoms with E-state index in [1.54, 1.807) is 0 Å². The number of para-hydroxylation sites is 4. The molecule has 1 N–H and O–H groups in total. The number of rotatable bonds is 0. The summed E-state index contributed by atoms with van der Waals surface area (Å²) in [6, 6.07) is 15.8. The van der Waals surface area contributed by atoms with Crippen molar-refractivity contribution in [3.8, 4) is 11.5 Å². The molecule has 96 valence electrons. The zero-order valence-corrected chi connectivity index (χ0v) is 11.5. The summed E-state index contributed by atoms with van der Waals surface area (Å²) in [6.07, 6.45) is 0. The van der Waals surface area contributed by atoms with Crippen LogP contribution in [0.3, 0.4) is 0 Å². The minimum absolute atomic E-state index is 0.881. The third-order valence-corrected chi connectivity index (χ3v) is 2.26. The lowest BCUT2D eigenvalue weighted by Gasteiger charge is -2.20. The number of ether oxygens (including phenoxy) is 1. The molecule has 1 heterocycles. The molecule has 0 saturated heterocycles. The summed E-state index contributed by atoms with van der Waals surface area (Å²) in [4.78, 5) is 0. The lowest BCUT2D eigenvalue weighted by Crippen LogP contribution is -2.01. The summed E-state index contributed by atoms with van der Waals surface area (Å²) in [5.41, 5.74) is 2.04. The summed E-state index contributed by atoms with van der Waals surface area (Å²) in [7, 11) is 0. The van der Waals surface area contributed by atoms with E-state index in [1.165, 1.54) is 0 Å². The Labute approximate surface area is 110 Å². The predicted molar refractivity (Wildman–Crippen MR) is 78.9 cm³/mol. The van der Waals surface area contributed by atoms with Gasteiger partial charge in [0.25, 0.3) is 0 Å². The second kappa shape index (κ2) is 7.38. The van der Waals surface area contributed by atoms with Crippen LogP contribution in [-0.2, 0) is 0 Å². The fraction of sp³-hybridized carbons (Fsp3) is 0.250. The number of fused-ring (bicyclic) bond motifs is 2. The Balaban J connectivity index is 0.000000371. The molecule has 2 aromatic carbocycles. The van der Waals surface area contributed by atoms with E-state index in [0.717, 1.165) is 22.9 Å². The van der Waals surface area contributed by atoms with Crippen molar-refractivity contribution in [2.75, 3.05) is 5.32 Å². The van der Waals surface area contributed by atoms with Crippen molar-refractivity contribution < 1.29 is 4.74 Å². The summed E-state index contributed by atoms with van der Waals surface area (Å²) in [6.45, 7) is 8.00. The maximum absolute atomic E-state index is 5.71. The van der Waals surface area contributed by atoms with Crippen LogP contribution < -0.4 is 10.1 Å². The molecule has 1 aliphatic rings. The fourth-order valence-electron chi connectivity index (χ4n) is 1.58. The fourth-order valence-corrected chi connectivity index (χ4v) is 1.58. The van der Waals surface area contributed by atoms with Gasteiger partial charge < -0.3 is 10.1 Å². The third-order valence-electron chi connectivity index (χ3n) is 2.26. The molecule has 0 atom stereocenters. The van der Waals surface area contributed by atoms with Crippen molar-refractivity contribution in [2.24, 2.45) is 0 Å². The maximum atomic E-state index is 5.71. The van der Waals surface area contributed by atoms with Gasteiger partial charge in [0.2, 0.25) is 0 Å². The highest BCUT2D eigenvalue weighted by molar-refractivity contribution is 5.75. The molecule has 0 saturated carbocycles. The first-order valence-electron chi connectivity index (χ1n) is 6.56. The Kier molecular flexibility index (Phi) is 5.78. The maximum Gasteiger partial charge on any atom is 0.150 e. The first-order chi connectivity index (χ1) is 8.93. The predicted octanol–water partition coefficient (Wildman–Crippen LogP) is 5.59. The van der Waals surface area contributed by atoms with Crippen LogP contribution in [0.1, 0.15) is 27.7 Å². The zero-order chi connectivity index (χ0) is 13.4. The Morgan fingerprint density at radius 3 is 1.50 bits per heavy atom. The smallest absolute Gasteiger partial charge is 0.150 e. The van der Waals surface area contributed by atoms with E-state index in [9.17, 15) is 0 Å². The largest absolute Gasteiger partial charge is 0.453 e. The monoisotopic (exact) mass is 243 g/mol. The molecule has 3 rings (SSSR count). The third kappa shape index (κ3) is 3.04. The Morgan fingerprint density at radius 1 is 0.667 bits per heavy atom. The highest BCUT2D eigenvalue weighted by Crippen LogP contribution is 2.40. The van der Waals surface area contributed by atoms with Gasteiger partial charge in [-0.2, -0.15) is 0 Å². The molecule has 1 aliphatic heterocycles. The van der Waals surface area contributed by atoms with Crippen molar-refractivity contribution in [1.29, 1.82) is 0 Å². The van der Waals surface area contributed by atoms with Gasteiger partial charge >= 0.3 is 0 Å². The normalized spacial score (nSPS) is 10.0. The molecular weight excluding hydrogens is 222 g/mol. The number of hydrogen-bond donors (Lipinski definition) is 1. The van der Waals surface area contributed by atoms with Crippen LogP contribution in [0.25, 0.3) is 0 Å². The van der Waals surface area contributed by atoms with Gasteiger partial charge in [-0.15, -0.1) is 0 Å². The van der Waals surface area contributed by atoms with E-state index < -0.39 is 0 Å². The Hall–Kier alpha value is -1.96. The first kappa shape index (κ1) is 14.1. The molecule has 0 spiro atoms. The molecule has 2 aromatic rings. The van der Waals surface area contributed by atoms with Gasteiger partial charge in [0, 0.05) is 0 Å². The van der Waals surface area contributed by atoms with Crippen LogP contribution >= 0.6 is 0 Å². The molecule has 0 bridgehead atoms. The molecule has 0 amide bonds. The molecule has 2 nitrogen and oxygen atoms in total. The highest BCUT2D eigenvalue weighted by Gasteiger charge is 2.13. The van der Waals surface area contributed by atoms with E-state index in [-0.39, 0.29) is 0 Å². The van der Waals surface area contributed by atoms with Crippen LogP contribution in [0.15, 0.2) is 48.5 Å². The minimum atomic E-state index is 0.881. The van der Waals surface area contributed by atoms with Gasteiger partial charge in [0.1, 0.15) is 0 Å². The summed E-state index contributed by atoms with van der Waals surface area (Å²) < 4.78 is 5.71.